The molecule has 0 bridgehead atoms. The minimum absolute atomic E-state index is 0.0186. The van der Waals surface area contributed by atoms with Crippen LogP contribution >= 0.6 is 23.2 Å². The zero-order valence-electron chi connectivity index (χ0n) is 16.0. The number of hydrogen-bond donors (Lipinski definition) is 1. The molecule has 3 rings (SSSR count). The van der Waals surface area contributed by atoms with Gasteiger partial charge >= 0.3 is 0 Å². The summed E-state index contributed by atoms with van der Waals surface area (Å²) < 4.78 is 27.7. The van der Waals surface area contributed by atoms with Crippen LogP contribution in [0.25, 0.3) is 0 Å². The first-order valence-electron chi connectivity index (χ1n) is 9.16. The Morgan fingerprint density at radius 1 is 0.867 bits per heavy atom. The summed E-state index contributed by atoms with van der Waals surface area (Å²) in [6.45, 7) is -0.0332. The van der Waals surface area contributed by atoms with Crippen LogP contribution in [-0.4, -0.2) is 25.2 Å². The number of halogens is 2. The maximum absolute atomic E-state index is 13.3. The number of carbonyl (C=O) groups is 1. The summed E-state index contributed by atoms with van der Waals surface area (Å²) in [6, 6.07) is 22.6. The van der Waals surface area contributed by atoms with E-state index in [1.165, 1.54) is 18.2 Å². The Balaban J connectivity index is 1.84. The van der Waals surface area contributed by atoms with Gasteiger partial charge in [-0.15, -0.1) is 0 Å². The molecule has 8 heteroatoms. The summed E-state index contributed by atoms with van der Waals surface area (Å²) in [5.41, 5.74) is 1.66. The normalized spacial score (nSPS) is 11.4. The summed E-state index contributed by atoms with van der Waals surface area (Å²) in [6.07, 6.45) is 0. The highest BCUT2D eigenvalue weighted by Gasteiger charge is 2.29. The van der Waals surface area contributed by atoms with Crippen molar-refractivity contribution in [2.45, 2.75) is 18.0 Å². The molecule has 156 valence electrons. The molecule has 0 aliphatic rings. The molecule has 0 aliphatic heterocycles. The summed E-state index contributed by atoms with van der Waals surface area (Å²) >= 11 is 12.1. The van der Waals surface area contributed by atoms with Gasteiger partial charge in [0.25, 0.3) is 0 Å². The third-order valence-corrected chi connectivity index (χ3v) is 6.87. The van der Waals surface area contributed by atoms with Crippen molar-refractivity contribution in [1.29, 1.82) is 0 Å². The third-order valence-electron chi connectivity index (χ3n) is 4.37. The van der Waals surface area contributed by atoms with Crippen LogP contribution in [0.1, 0.15) is 11.1 Å². The number of hydrogen-bond acceptors (Lipinski definition) is 3. The SMILES string of the molecule is O=C(CN(Cc1ccccc1)S(=O)(=O)c1cc(Cl)ccc1Cl)NCc1ccccc1. The first kappa shape index (κ1) is 22.3. The van der Waals surface area contributed by atoms with E-state index < -0.39 is 15.9 Å². The number of sulfonamides is 1. The molecule has 1 N–H and O–H groups in total. The molecule has 5 nitrogen and oxygen atoms in total. The molecule has 0 aromatic heterocycles. The van der Waals surface area contributed by atoms with Gasteiger partial charge in [0.1, 0.15) is 4.90 Å². The van der Waals surface area contributed by atoms with Gasteiger partial charge in [-0.1, -0.05) is 83.9 Å². The second-order valence-electron chi connectivity index (χ2n) is 6.60. The highest BCUT2D eigenvalue weighted by atomic mass is 35.5. The Kier molecular flexibility index (Phi) is 7.50. The molecule has 0 fully saturated rings. The minimum atomic E-state index is -4.07. The Labute approximate surface area is 186 Å². The Hall–Kier alpha value is -2.38. The van der Waals surface area contributed by atoms with Gasteiger partial charge in [0.15, 0.2) is 0 Å². The van der Waals surface area contributed by atoms with Crippen molar-refractivity contribution in [1.82, 2.24) is 9.62 Å². The molecule has 0 radical (unpaired) electrons. The number of nitrogens with one attached hydrogen (secondary N) is 1. The lowest BCUT2D eigenvalue weighted by molar-refractivity contribution is -0.121. The Morgan fingerprint density at radius 2 is 1.47 bits per heavy atom. The number of carbonyl (C=O) groups excluding carboxylic acids is 1. The fraction of sp³-hybridized carbons (Fsp3) is 0.136. The summed E-state index contributed by atoms with van der Waals surface area (Å²) in [5, 5.41) is 3.05. The second-order valence-corrected chi connectivity index (χ2v) is 9.35. The zero-order valence-corrected chi connectivity index (χ0v) is 18.3. The van der Waals surface area contributed by atoms with E-state index in [1.807, 2.05) is 48.5 Å². The average molecular weight is 463 g/mol. The monoisotopic (exact) mass is 462 g/mol. The van der Waals surface area contributed by atoms with Crippen LogP contribution in [0, 0.1) is 0 Å². The van der Waals surface area contributed by atoms with E-state index >= 15 is 0 Å². The van der Waals surface area contributed by atoms with Gasteiger partial charge in [0.2, 0.25) is 15.9 Å². The van der Waals surface area contributed by atoms with Crippen LogP contribution < -0.4 is 5.32 Å². The molecule has 0 heterocycles. The van der Waals surface area contributed by atoms with E-state index in [0.29, 0.717) is 6.54 Å². The van der Waals surface area contributed by atoms with E-state index in [1.54, 1.807) is 12.1 Å². The number of amides is 1. The molecule has 3 aromatic carbocycles. The van der Waals surface area contributed by atoms with Crippen molar-refractivity contribution in [3.63, 3.8) is 0 Å². The van der Waals surface area contributed by atoms with Crippen LogP contribution in [-0.2, 0) is 27.9 Å². The predicted molar refractivity (Wildman–Crippen MR) is 119 cm³/mol. The van der Waals surface area contributed by atoms with Crippen LogP contribution in [0.3, 0.4) is 0 Å². The lowest BCUT2D eigenvalue weighted by Crippen LogP contribution is -2.40. The zero-order chi connectivity index (χ0) is 21.6. The van der Waals surface area contributed by atoms with E-state index in [9.17, 15) is 13.2 Å². The Bertz CT molecular complexity index is 1110. The average Bonchev–Trinajstić information content (AvgIpc) is 2.75. The fourth-order valence-corrected chi connectivity index (χ4v) is 4.96. The topological polar surface area (TPSA) is 66.5 Å². The van der Waals surface area contributed by atoms with E-state index in [2.05, 4.69) is 5.32 Å². The molecule has 30 heavy (non-hydrogen) atoms. The van der Waals surface area contributed by atoms with Gasteiger partial charge in [-0.3, -0.25) is 4.79 Å². The number of benzene rings is 3. The first-order valence-corrected chi connectivity index (χ1v) is 11.4. The van der Waals surface area contributed by atoms with Crippen molar-refractivity contribution in [2.75, 3.05) is 6.54 Å². The molecule has 0 saturated heterocycles. The molecule has 0 atom stereocenters. The highest BCUT2D eigenvalue weighted by Crippen LogP contribution is 2.28. The standard InChI is InChI=1S/C22H20Cl2N2O3S/c23-19-11-12-20(24)21(13-19)30(28,29)26(15-18-9-5-2-6-10-18)16-22(27)25-14-17-7-3-1-4-8-17/h1-13H,14-16H2,(H,25,27). The maximum Gasteiger partial charge on any atom is 0.245 e. The van der Waals surface area contributed by atoms with Crippen LogP contribution in [0.15, 0.2) is 83.8 Å². The van der Waals surface area contributed by atoms with Crippen molar-refractivity contribution < 1.29 is 13.2 Å². The smallest absolute Gasteiger partial charge is 0.245 e. The Morgan fingerprint density at radius 3 is 2.10 bits per heavy atom. The van der Waals surface area contributed by atoms with E-state index in [4.69, 9.17) is 23.2 Å². The van der Waals surface area contributed by atoms with Crippen molar-refractivity contribution in [3.05, 3.63) is 100 Å². The molecule has 1 amide bonds. The summed E-state index contributed by atoms with van der Waals surface area (Å²) in [5.74, 6) is -0.420. The predicted octanol–water partition coefficient (Wildman–Crippen LogP) is 4.50. The fourth-order valence-electron chi connectivity index (χ4n) is 2.84. The maximum atomic E-state index is 13.3. The lowest BCUT2D eigenvalue weighted by atomic mass is 10.2. The van der Waals surface area contributed by atoms with Gasteiger partial charge in [-0.25, -0.2) is 8.42 Å². The molecule has 0 unspecified atom stereocenters. The van der Waals surface area contributed by atoms with E-state index in [0.717, 1.165) is 15.4 Å². The molecular weight excluding hydrogens is 443 g/mol. The molecule has 0 saturated carbocycles. The minimum Gasteiger partial charge on any atom is -0.351 e. The number of nitrogens with zero attached hydrogens (tertiary/aromatic N) is 1. The van der Waals surface area contributed by atoms with Crippen molar-refractivity contribution in [3.8, 4) is 0 Å². The summed E-state index contributed by atoms with van der Waals surface area (Å²) in [7, 11) is -4.07. The van der Waals surface area contributed by atoms with Gasteiger partial charge in [0.05, 0.1) is 11.6 Å². The lowest BCUT2D eigenvalue weighted by Gasteiger charge is -2.22. The van der Waals surface area contributed by atoms with Gasteiger partial charge in [0, 0.05) is 18.1 Å². The van der Waals surface area contributed by atoms with Crippen LogP contribution in [0.4, 0.5) is 0 Å². The summed E-state index contributed by atoms with van der Waals surface area (Å²) in [4.78, 5) is 12.4. The van der Waals surface area contributed by atoms with Crippen LogP contribution in [0.2, 0.25) is 10.0 Å². The molecule has 0 aliphatic carbocycles. The van der Waals surface area contributed by atoms with Gasteiger partial charge in [-0.2, -0.15) is 4.31 Å². The quantitative estimate of drug-likeness (QED) is 0.535. The van der Waals surface area contributed by atoms with Crippen LogP contribution in [0.5, 0.6) is 0 Å². The second kappa shape index (κ2) is 10.1. The largest absolute Gasteiger partial charge is 0.351 e. The molecular formula is C22H20Cl2N2O3S. The van der Waals surface area contributed by atoms with Crippen molar-refractivity contribution >= 4 is 39.1 Å². The first-order chi connectivity index (χ1) is 14.4. The van der Waals surface area contributed by atoms with Gasteiger partial charge in [-0.05, 0) is 29.3 Å². The molecule has 0 spiro atoms. The van der Waals surface area contributed by atoms with Gasteiger partial charge < -0.3 is 5.32 Å². The molecule has 3 aromatic rings. The highest BCUT2D eigenvalue weighted by molar-refractivity contribution is 7.89. The van der Waals surface area contributed by atoms with Crippen molar-refractivity contribution in [2.24, 2.45) is 0 Å². The number of rotatable bonds is 8. The van der Waals surface area contributed by atoms with E-state index in [-0.39, 0.29) is 28.0 Å². The third kappa shape index (κ3) is 5.83.